The number of carbonyl (C=O) groups excluding carboxylic acids is 1. The molecule has 6 heteroatoms. The molecule has 3 atom stereocenters. The van der Waals surface area contributed by atoms with Gasteiger partial charge >= 0.3 is 0 Å². The largest absolute Gasteiger partial charge is 0.454 e. The molecule has 6 nitrogen and oxygen atoms in total. The number of fused-ring (bicyclic) bond motifs is 3. The molecule has 3 unspecified atom stereocenters. The number of rotatable bonds is 7. The van der Waals surface area contributed by atoms with E-state index in [1.165, 1.54) is 0 Å². The maximum atomic E-state index is 12.3. The third-order valence-electron chi connectivity index (χ3n) is 7.27. The molecule has 3 aromatic rings. The first-order chi connectivity index (χ1) is 15.1. The second kappa shape index (κ2) is 7.62. The van der Waals surface area contributed by atoms with E-state index in [4.69, 9.17) is 9.26 Å². The molecule has 1 fully saturated rings. The first-order valence-corrected chi connectivity index (χ1v) is 10.8. The van der Waals surface area contributed by atoms with Crippen LogP contribution in [0.25, 0.3) is 11.1 Å². The summed E-state index contributed by atoms with van der Waals surface area (Å²) < 4.78 is 11.5. The molecular formula is C25H27N2O4+. The molecule has 5 rings (SSSR count). The van der Waals surface area contributed by atoms with E-state index in [0.717, 1.165) is 60.3 Å². The Labute approximate surface area is 181 Å². The van der Waals surface area contributed by atoms with Gasteiger partial charge in [-0.15, -0.1) is 0 Å². The van der Waals surface area contributed by atoms with Gasteiger partial charge in [0.25, 0.3) is 6.47 Å². The molecule has 0 amide bonds. The molecule has 1 aromatic heterocycles. The lowest BCUT2D eigenvalue weighted by molar-refractivity contribution is -0.925. The van der Waals surface area contributed by atoms with Gasteiger partial charge in [0.15, 0.2) is 11.7 Å². The van der Waals surface area contributed by atoms with E-state index in [9.17, 15) is 9.90 Å². The van der Waals surface area contributed by atoms with Crippen LogP contribution in [0.1, 0.15) is 29.7 Å². The number of carbonyl (C=O) groups is 1. The van der Waals surface area contributed by atoms with E-state index in [-0.39, 0.29) is 6.04 Å². The number of hydrogen-bond donors (Lipinski definition) is 1. The normalized spacial score (nSPS) is 24.4. The van der Waals surface area contributed by atoms with Crippen molar-refractivity contribution in [2.75, 3.05) is 20.1 Å². The second-order valence-electron chi connectivity index (χ2n) is 8.89. The van der Waals surface area contributed by atoms with Gasteiger partial charge in [-0.3, -0.25) is 4.79 Å². The summed E-state index contributed by atoms with van der Waals surface area (Å²) in [5.41, 5.74) is 3.12. The third kappa shape index (κ3) is 3.09. The lowest BCUT2D eigenvalue weighted by Gasteiger charge is -2.44. The van der Waals surface area contributed by atoms with Crippen molar-refractivity contribution in [3.05, 3.63) is 77.7 Å². The summed E-state index contributed by atoms with van der Waals surface area (Å²) >= 11 is 0. The molecule has 0 spiro atoms. The maximum absolute atomic E-state index is 12.3. The van der Waals surface area contributed by atoms with Crippen LogP contribution in [0.15, 0.2) is 65.4 Å². The van der Waals surface area contributed by atoms with E-state index in [0.29, 0.717) is 11.0 Å². The van der Waals surface area contributed by atoms with E-state index in [2.05, 4.69) is 12.2 Å². The fourth-order valence-electron chi connectivity index (χ4n) is 5.71. The zero-order valence-corrected chi connectivity index (χ0v) is 17.6. The number of aromatic nitrogens is 1. The second-order valence-corrected chi connectivity index (χ2v) is 8.89. The molecule has 2 heterocycles. The topological polar surface area (TPSA) is 72.6 Å². The van der Waals surface area contributed by atoms with Crippen LogP contribution in [0, 0.1) is 0 Å². The number of aliphatic hydroxyl groups is 1. The molecule has 2 aliphatic rings. The number of benzene rings is 2. The van der Waals surface area contributed by atoms with Gasteiger partial charge in [-0.05, 0) is 22.3 Å². The molecule has 0 saturated carbocycles. The minimum absolute atomic E-state index is 0.0405. The van der Waals surface area contributed by atoms with Crippen molar-refractivity contribution >= 4 is 6.47 Å². The monoisotopic (exact) mass is 419 g/mol. The minimum atomic E-state index is -1.39. The Bertz CT molecular complexity index is 1040. The van der Waals surface area contributed by atoms with Crippen molar-refractivity contribution in [1.29, 1.82) is 0 Å². The van der Waals surface area contributed by atoms with E-state index < -0.39 is 11.7 Å². The Morgan fingerprint density at radius 3 is 2.48 bits per heavy atom. The first kappa shape index (κ1) is 20.0. The molecule has 1 aliphatic heterocycles. The van der Waals surface area contributed by atoms with Crippen LogP contribution in [-0.2, 0) is 21.6 Å². The van der Waals surface area contributed by atoms with Crippen LogP contribution in [0.2, 0.25) is 0 Å². The average Bonchev–Trinajstić information content (AvgIpc) is 3.50. The predicted octanol–water partition coefficient (Wildman–Crippen LogP) is 3.28. The SMILES string of the molecule is C[N+]1(CCc2ccon2)CCCC1C(OC=O)C1(O)c2ccccc2-c2ccccc21. The molecule has 160 valence electrons. The van der Waals surface area contributed by atoms with Gasteiger partial charge in [-0.1, -0.05) is 53.7 Å². The summed E-state index contributed by atoms with van der Waals surface area (Å²) in [5.74, 6) is 0. The molecular weight excluding hydrogens is 392 g/mol. The van der Waals surface area contributed by atoms with Gasteiger partial charge in [-0.25, -0.2) is 0 Å². The van der Waals surface area contributed by atoms with Crippen LogP contribution in [0.4, 0.5) is 0 Å². The summed E-state index contributed by atoms with van der Waals surface area (Å²) in [5, 5.41) is 16.4. The van der Waals surface area contributed by atoms with Gasteiger partial charge in [0.05, 0.1) is 25.8 Å². The van der Waals surface area contributed by atoms with Crippen molar-refractivity contribution in [3.8, 4) is 11.1 Å². The lowest BCUT2D eigenvalue weighted by atomic mass is 9.81. The van der Waals surface area contributed by atoms with Crippen LogP contribution >= 0.6 is 0 Å². The summed E-state index contributed by atoms with van der Waals surface area (Å²) in [7, 11) is 2.19. The Kier molecular flexibility index (Phi) is 4.91. The summed E-state index contributed by atoms with van der Waals surface area (Å²) in [6, 6.07) is 17.6. The first-order valence-electron chi connectivity index (χ1n) is 10.8. The Morgan fingerprint density at radius 2 is 1.87 bits per heavy atom. The van der Waals surface area contributed by atoms with Crippen molar-refractivity contribution in [1.82, 2.24) is 5.16 Å². The third-order valence-corrected chi connectivity index (χ3v) is 7.27. The van der Waals surface area contributed by atoms with Crippen molar-refractivity contribution in [3.63, 3.8) is 0 Å². The van der Waals surface area contributed by atoms with E-state index >= 15 is 0 Å². The van der Waals surface area contributed by atoms with Gasteiger partial charge in [0, 0.05) is 25.3 Å². The molecule has 1 saturated heterocycles. The molecule has 1 N–H and O–H groups in total. The minimum Gasteiger partial charge on any atom is -0.454 e. The predicted molar refractivity (Wildman–Crippen MR) is 115 cm³/mol. The maximum Gasteiger partial charge on any atom is 0.293 e. The number of ether oxygens (including phenoxy) is 1. The number of quaternary nitrogens is 1. The van der Waals surface area contributed by atoms with E-state index in [1.54, 1.807) is 6.26 Å². The van der Waals surface area contributed by atoms with Gasteiger partial charge in [0.2, 0.25) is 0 Å². The number of hydrogen-bond acceptors (Lipinski definition) is 5. The highest BCUT2D eigenvalue weighted by Crippen LogP contribution is 2.52. The Balaban J connectivity index is 1.57. The number of likely N-dealkylation sites (N-methyl/N-ethyl adjacent to an activating group) is 1. The van der Waals surface area contributed by atoms with Crippen LogP contribution in [0.5, 0.6) is 0 Å². The Morgan fingerprint density at radius 1 is 1.19 bits per heavy atom. The molecule has 31 heavy (non-hydrogen) atoms. The van der Waals surface area contributed by atoms with Gasteiger partial charge in [0.1, 0.15) is 12.3 Å². The fourth-order valence-corrected chi connectivity index (χ4v) is 5.71. The Hall–Kier alpha value is -2.96. The summed E-state index contributed by atoms with van der Waals surface area (Å²) in [6.45, 7) is 2.28. The number of nitrogens with zero attached hydrogens (tertiary/aromatic N) is 2. The van der Waals surface area contributed by atoms with Crippen LogP contribution < -0.4 is 0 Å². The fraction of sp³-hybridized carbons (Fsp3) is 0.360. The lowest BCUT2D eigenvalue weighted by Crippen LogP contribution is -2.60. The molecule has 0 bridgehead atoms. The molecule has 2 aromatic carbocycles. The van der Waals surface area contributed by atoms with Crippen molar-refractivity contribution < 1.29 is 23.6 Å². The van der Waals surface area contributed by atoms with Crippen LogP contribution in [0.3, 0.4) is 0 Å². The quantitative estimate of drug-likeness (QED) is 0.470. The summed E-state index contributed by atoms with van der Waals surface area (Å²) in [6.07, 6.45) is 3.55. The van der Waals surface area contributed by atoms with Gasteiger partial charge in [-0.2, -0.15) is 0 Å². The summed E-state index contributed by atoms with van der Waals surface area (Å²) in [4.78, 5) is 11.7. The average molecular weight is 420 g/mol. The highest BCUT2D eigenvalue weighted by Gasteiger charge is 2.57. The highest BCUT2D eigenvalue weighted by atomic mass is 16.5. The standard InChI is InChI=1S/C25H27N2O4/c1-27(15-12-18-13-16-31-26-18)14-6-11-23(27)24(30-17-28)25(29)21-9-4-2-7-19(21)20-8-3-5-10-22(20)25/h2-5,7-10,13,16-17,23-24,29H,6,11-12,14-15H2,1H3/q+1. The van der Waals surface area contributed by atoms with Crippen molar-refractivity contribution in [2.45, 2.75) is 37.0 Å². The zero-order chi connectivity index (χ0) is 21.5. The highest BCUT2D eigenvalue weighted by molar-refractivity contribution is 5.80. The smallest absolute Gasteiger partial charge is 0.293 e. The van der Waals surface area contributed by atoms with Crippen LogP contribution in [-0.4, -0.2) is 53.5 Å². The van der Waals surface area contributed by atoms with Crippen molar-refractivity contribution in [2.24, 2.45) is 0 Å². The van der Waals surface area contributed by atoms with Gasteiger partial charge < -0.3 is 18.8 Å². The zero-order valence-electron chi connectivity index (χ0n) is 17.6. The molecule has 0 radical (unpaired) electrons. The number of likely N-dealkylation sites (tertiary alicyclic amines) is 1. The van der Waals surface area contributed by atoms with E-state index in [1.807, 2.05) is 54.6 Å². The molecule has 1 aliphatic carbocycles.